The number of hydrogen-bond donors (Lipinski definition) is 3. The fraction of sp³-hybridized carbons (Fsp3) is 0.692. The van der Waals surface area contributed by atoms with Gasteiger partial charge in [0, 0.05) is 11.5 Å². The first kappa shape index (κ1) is 32.3. The predicted molar refractivity (Wildman–Crippen MR) is 175 cm³/mol. The molecule has 5 fully saturated rings. The van der Waals surface area contributed by atoms with Crippen molar-refractivity contribution in [3.8, 4) is 5.75 Å². The highest BCUT2D eigenvalue weighted by atomic mass is 16.5. The van der Waals surface area contributed by atoms with E-state index in [1.165, 1.54) is 6.08 Å². The Labute approximate surface area is 269 Å². The van der Waals surface area contributed by atoms with Gasteiger partial charge in [0.05, 0.1) is 18.1 Å². The van der Waals surface area contributed by atoms with E-state index in [0.29, 0.717) is 31.3 Å². The molecule has 246 valence electrons. The highest BCUT2D eigenvalue weighted by molar-refractivity contribution is 5.87. The number of carboxylic acid groups (broad SMARTS) is 1. The molecule has 0 aliphatic heterocycles. The molecule has 45 heavy (non-hydrogen) atoms. The summed E-state index contributed by atoms with van der Waals surface area (Å²) >= 11 is 0. The molecule has 10 atom stereocenters. The summed E-state index contributed by atoms with van der Waals surface area (Å²) in [5.41, 5.74) is 0.562. The normalized spacial score (nSPS) is 43.4. The van der Waals surface area contributed by atoms with E-state index in [-0.39, 0.29) is 57.2 Å². The Morgan fingerprint density at radius 2 is 1.64 bits per heavy atom. The summed E-state index contributed by atoms with van der Waals surface area (Å²) < 4.78 is 6.28. The Kier molecular flexibility index (Phi) is 7.90. The fourth-order valence-corrected chi connectivity index (χ4v) is 12.6. The van der Waals surface area contributed by atoms with Crippen LogP contribution in [0.5, 0.6) is 5.75 Å². The minimum Gasteiger partial charge on any atom is -0.508 e. The van der Waals surface area contributed by atoms with Crippen LogP contribution < -0.4 is 0 Å². The third kappa shape index (κ3) is 4.66. The van der Waals surface area contributed by atoms with Gasteiger partial charge in [0.25, 0.3) is 0 Å². The van der Waals surface area contributed by atoms with Gasteiger partial charge < -0.3 is 20.1 Å². The molecule has 3 N–H and O–H groups in total. The van der Waals surface area contributed by atoms with Crippen LogP contribution in [-0.2, 0) is 14.3 Å². The van der Waals surface area contributed by atoms with Crippen LogP contribution in [0.3, 0.4) is 0 Å². The monoisotopic (exact) mass is 618 g/mol. The lowest BCUT2D eigenvalue weighted by Crippen LogP contribution is -2.69. The van der Waals surface area contributed by atoms with Gasteiger partial charge in [-0.05, 0) is 141 Å². The Morgan fingerprint density at radius 1 is 0.933 bits per heavy atom. The molecule has 0 radical (unpaired) electrons. The Hall–Kier alpha value is -2.60. The molecule has 0 bridgehead atoms. The zero-order valence-corrected chi connectivity index (χ0v) is 28.0. The predicted octanol–water partition coefficient (Wildman–Crippen LogP) is 8.03. The maximum Gasteiger partial charge on any atom is 0.330 e. The van der Waals surface area contributed by atoms with Crippen LogP contribution in [0.15, 0.2) is 42.5 Å². The van der Waals surface area contributed by atoms with Gasteiger partial charge >= 0.3 is 11.9 Å². The highest BCUT2D eigenvalue weighted by Crippen LogP contribution is 2.77. The van der Waals surface area contributed by atoms with Crippen LogP contribution in [-0.4, -0.2) is 40.0 Å². The van der Waals surface area contributed by atoms with Crippen molar-refractivity contribution in [3.63, 3.8) is 0 Å². The molecule has 3 unspecified atom stereocenters. The van der Waals surface area contributed by atoms with E-state index in [9.17, 15) is 24.9 Å². The van der Waals surface area contributed by atoms with E-state index in [2.05, 4.69) is 41.2 Å². The quantitative estimate of drug-likeness (QED) is 0.169. The van der Waals surface area contributed by atoms with Gasteiger partial charge in [-0.1, -0.05) is 52.0 Å². The number of aliphatic carboxylic acids is 1. The number of fused-ring (bicyclic) bond motifs is 7. The van der Waals surface area contributed by atoms with E-state index in [1.807, 2.05) is 0 Å². The number of carboxylic acids is 1. The number of rotatable bonds is 6. The second-order valence-corrected chi connectivity index (χ2v) is 16.8. The average molecular weight is 619 g/mol. The van der Waals surface area contributed by atoms with Crippen LogP contribution in [0, 0.1) is 56.7 Å². The van der Waals surface area contributed by atoms with E-state index >= 15 is 0 Å². The van der Waals surface area contributed by atoms with Crippen LogP contribution >= 0.6 is 0 Å². The van der Waals surface area contributed by atoms with Crippen LogP contribution in [0.2, 0.25) is 0 Å². The van der Waals surface area contributed by atoms with Crippen molar-refractivity contribution in [2.24, 2.45) is 56.7 Å². The molecule has 5 aliphatic carbocycles. The fourth-order valence-electron chi connectivity index (χ4n) is 12.6. The molecule has 0 heterocycles. The third-order valence-corrected chi connectivity index (χ3v) is 14.9. The molecule has 6 nitrogen and oxygen atoms in total. The van der Waals surface area contributed by atoms with Crippen molar-refractivity contribution in [1.82, 2.24) is 0 Å². The standard InChI is InChI=1S/C39H54O6/c1-24(2)27-15-20-38(34(43)44)21-22-39(23-45-32(42)14-9-25-7-10-26(40)11-8-25)28(33(27)38)12-13-30-36(5)18-17-31(41)35(3,4)29(36)16-19-37(30,39)6/h7-11,14,27-31,33,40-41H,1,12-13,15-23H2,2-6H3,(H,43,44)/b14-9-/t27-,28+,29?,30?,31-,33?,36-,37+,38-,39-/m0/s1. The summed E-state index contributed by atoms with van der Waals surface area (Å²) in [4.78, 5) is 26.5. The molecule has 1 aromatic rings. The van der Waals surface area contributed by atoms with Crippen molar-refractivity contribution >= 4 is 18.0 Å². The molecule has 1 aromatic carbocycles. The zero-order chi connectivity index (χ0) is 32.6. The first-order valence-corrected chi connectivity index (χ1v) is 17.3. The van der Waals surface area contributed by atoms with E-state index in [4.69, 9.17) is 4.74 Å². The number of aliphatic hydroxyl groups is 1. The van der Waals surface area contributed by atoms with Crippen molar-refractivity contribution in [1.29, 1.82) is 0 Å². The lowest BCUT2D eigenvalue weighted by Gasteiger charge is -2.73. The van der Waals surface area contributed by atoms with Crippen LogP contribution in [0.4, 0.5) is 0 Å². The van der Waals surface area contributed by atoms with Gasteiger partial charge in [0.15, 0.2) is 0 Å². The Balaban J connectivity index is 1.40. The van der Waals surface area contributed by atoms with Crippen LogP contribution in [0.25, 0.3) is 6.08 Å². The molecule has 0 saturated heterocycles. The minimum atomic E-state index is -0.748. The maximum absolute atomic E-state index is 13.4. The number of aromatic hydroxyl groups is 1. The second kappa shape index (κ2) is 11.0. The minimum absolute atomic E-state index is 0.0135. The lowest BCUT2D eigenvalue weighted by molar-refractivity contribution is -0.263. The van der Waals surface area contributed by atoms with Crippen molar-refractivity contribution in [2.75, 3.05) is 6.61 Å². The van der Waals surface area contributed by atoms with Gasteiger partial charge in [-0.25, -0.2) is 4.79 Å². The molecule has 5 aliphatic rings. The SMILES string of the molecule is C=C(C)[C@@H]1CC[C@]2(C(=O)O)CC[C@]3(COC(=O)/C=C\c4ccc(O)cc4)[C@H](CCC4[C@@]5(C)CC[C@H](O)C(C)(C)C5CC[C@]43C)C12. The van der Waals surface area contributed by atoms with E-state index in [1.54, 1.807) is 30.3 Å². The summed E-state index contributed by atoms with van der Waals surface area (Å²) in [6.07, 6.45) is 11.6. The number of phenols is 1. The molecule has 6 heteroatoms. The summed E-state index contributed by atoms with van der Waals surface area (Å²) in [5, 5.41) is 31.5. The largest absolute Gasteiger partial charge is 0.508 e. The Bertz CT molecular complexity index is 1380. The van der Waals surface area contributed by atoms with Crippen molar-refractivity contribution in [2.45, 2.75) is 105 Å². The third-order valence-electron chi connectivity index (χ3n) is 14.9. The topological polar surface area (TPSA) is 104 Å². The molecule has 6 rings (SSSR count). The number of carbonyl (C=O) groups excluding carboxylic acids is 1. The molecule has 0 amide bonds. The molecule has 5 saturated carbocycles. The number of phenolic OH excluding ortho intramolecular Hbond substituents is 1. The number of ether oxygens (including phenoxy) is 1. The average Bonchev–Trinajstić information content (AvgIpc) is 3.40. The van der Waals surface area contributed by atoms with Crippen molar-refractivity contribution in [3.05, 3.63) is 48.1 Å². The van der Waals surface area contributed by atoms with Crippen LogP contribution in [0.1, 0.15) is 104 Å². The van der Waals surface area contributed by atoms with Gasteiger partial charge in [0.2, 0.25) is 0 Å². The lowest BCUT2D eigenvalue weighted by atomic mass is 9.32. The first-order valence-electron chi connectivity index (χ1n) is 17.3. The molecular formula is C39H54O6. The summed E-state index contributed by atoms with van der Waals surface area (Å²) in [7, 11) is 0. The number of benzene rings is 1. The number of allylic oxidation sites excluding steroid dienone is 1. The van der Waals surface area contributed by atoms with Gasteiger partial charge in [-0.3, -0.25) is 4.79 Å². The Morgan fingerprint density at radius 3 is 2.31 bits per heavy atom. The molecule has 0 spiro atoms. The zero-order valence-electron chi connectivity index (χ0n) is 28.0. The van der Waals surface area contributed by atoms with E-state index < -0.39 is 11.4 Å². The first-order chi connectivity index (χ1) is 21.1. The summed E-state index contributed by atoms with van der Waals surface area (Å²) in [5.74, 6) is 0.212. The van der Waals surface area contributed by atoms with E-state index in [0.717, 1.165) is 62.5 Å². The maximum atomic E-state index is 13.4. The number of carbonyl (C=O) groups is 2. The van der Waals surface area contributed by atoms with Gasteiger partial charge in [-0.2, -0.15) is 0 Å². The smallest absolute Gasteiger partial charge is 0.330 e. The number of hydrogen-bond acceptors (Lipinski definition) is 5. The number of esters is 1. The van der Waals surface area contributed by atoms with Gasteiger partial charge in [-0.15, -0.1) is 0 Å². The molecular weight excluding hydrogens is 564 g/mol. The second-order valence-electron chi connectivity index (χ2n) is 16.8. The summed E-state index contributed by atoms with van der Waals surface area (Å²) in [6, 6.07) is 6.70. The highest BCUT2D eigenvalue weighted by Gasteiger charge is 2.73. The van der Waals surface area contributed by atoms with Crippen molar-refractivity contribution < 1.29 is 29.6 Å². The van der Waals surface area contributed by atoms with Gasteiger partial charge in [0.1, 0.15) is 5.75 Å². The summed E-state index contributed by atoms with van der Waals surface area (Å²) in [6.45, 7) is 16.2. The molecule has 0 aromatic heterocycles. The number of aliphatic hydroxyl groups excluding tert-OH is 1.